The van der Waals surface area contributed by atoms with E-state index in [0.717, 1.165) is 36.8 Å². The Labute approximate surface area is 461 Å². The molecule has 1 aliphatic heterocycles. The van der Waals surface area contributed by atoms with Crippen LogP contribution in [0, 0.1) is 24.7 Å². The Hall–Kier alpha value is -6.78. The molecule has 5 atom stereocenters. The molecule has 0 fully saturated rings. The van der Waals surface area contributed by atoms with Crippen molar-refractivity contribution in [3.8, 4) is 22.6 Å². The SMILES string of the molecule is CCCCCCCc1ccc(C(=O)C[C@@H](CCNC(=O)OC(C)(C)C)C(=O)N(C)[C@@H]2C(=O)C[C@@H](C)C(=O)N[C@H](C(=O)C[C@@H](C)C(=O)O)Cc3ccc(OCCNC(=O)OC(C)(C)C)c(c3)-c3cc2ccc3OCCC)c(C)c1. The molecule has 4 amide bonds. The van der Waals surface area contributed by atoms with Crippen molar-refractivity contribution in [2.24, 2.45) is 17.8 Å². The molecular formula is C61H86N4O13. The van der Waals surface area contributed by atoms with E-state index in [1.165, 1.54) is 38.6 Å². The van der Waals surface area contributed by atoms with Gasteiger partial charge in [0.05, 0.1) is 25.1 Å². The Balaban J connectivity index is 1.87. The number of benzene rings is 3. The highest BCUT2D eigenvalue weighted by Gasteiger charge is 2.37. The first kappa shape index (κ1) is 63.8. The minimum absolute atomic E-state index is 0.00397. The van der Waals surface area contributed by atoms with E-state index in [-0.39, 0.29) is 57.6 Å². The Kier molecular flexibility index (Phi) is 24.4. The zero-order valence-electron chi connectivity index (χ0n) is 48.2. The molecule has 0 saturated carbocycles. The van der Waals surface area contributed by atoms with Crippen molar-refractivity contribution in [2.75, 3.05) is 33.4 Å². The quantitative estimate of drug-likeness (QED) is 0.0457. The van der Waals surface area contributed by atoms with Gasteiger partial charge in [-0.3, -0.25) is 28.8 Å². The molecule has 0 unspecified atom stereocenters. The Morgan fingerprint density at radius 1 is 0.756 bits per heavy atom. The standard InChI is InChI=1S/C61H86N4O13/c1-13-15-16-17-18-19-41-20-23-45(38(3)31-41)49(66)37-44(26-27-62-58(73)77-60(6,7)8)56(70)65(12)54-43-22-25-53(75-29-14-2)47(36-43)46-34-42(21-24-52(46)76-30-28-63-59(74)78-61(9,10)11)35-48(50(67)33-40(5)57(71)72)64-55(69)39(4)32-51(54)68/h20-25,31,34,36,39-40,44,48,54H,13-19,26-30,32-33,35,37H2,1-12H3,(H,62,73)(H,63,74)(H,64,69)(H,71,72)/t39-,40-,44-,48+,54+/m1/s1. The number of unbranched alkanes of at least 4 members (excludes halogenated alkanes) is 4. The summed E-state index contributed by atoms with van der Waals surface area (Å²) in [5.41, 5.74) is 2.66. The summed E-state index contributed by atoms with van der Waals surface area (Å²) in [6.45, 7) is 19.7. The minimum Gasteiger partial charge on any atom is -0.493 e. The number of likely N-dealkylation sites (N-methyl/N-ethyl adjacent to an activating group) is 1. The number of carbonyl (C=O) groups is 8. The van der Waals surface area contributed by atoms with Crippen LogP contribution < -0.4 is 25.4 Å². The summed E-state index contributed by atoms with van der Waals surface area (Å²) in [6.07, 6.45) is 4.79. The fourth-order valence-corrected chi connectivity index (χ4v) is 9.24. The van der Waals surface area contributed by atoms with Crippen LogP contribution in [0.25, 0.3) is 11.1 Å². The monoisotopic (exact) mass is 1080 g/mol. The van der Waals surface area contributed by atoms with Gasteiger partial charge >= 0.3 is 18.2 Å². The summed E-state index contributed by atoms with van der Waals surface area (Å²) >= 11 is 0. The van der Waals surface area contributed by atoms with Crippen molar-refractivity contribution in [2.45, 2.75) is 176 Å². The second-order valence-corrected chi connectivity index (χ2v) is 22.7. The summed E-state index contributed by atoms with van der Waals surface area (Å²) in [5, 5.41) is 18.0. The third-order valence-corrected chi connectivity index (χ3v) is 13.3. The van der Waals surface area contributed by atoms with Crippen LogP contribution >= 0.6 is 0 Å². The van der Waals surface area contributed by atoms with Crippen LogP contribution in [0.2, 0.25) is 0 Å². The Morgan fingerprint density at radius 2 is 1.37 bits per heavy atom. The molecule has 0 saturated heterocycles. The largest absolute Gasteiger partial charge is 0.493 e. The molecule has 0 aromatic heterocycles. The van der Waals surface area contributed by atoms with Gasteiger partial charge in [-0.1, -0.05) is 83.7 Å². The molecular weight excluding hydrogens is 997 g/mol. The van der Waals surface area contributed by atoms with Gasteiger partial charge in [0.25, 0.3) is 0 Å². The predicted octanol–water partition coefficient (Wildman–Crippen LogP) is 10.5. The van der Waals surface area contributed by atoms with E-state index >= 15 is 9.59 Å². The average Bonchev–Trinajstić information content (AvgIpc) is 3.39. The number of ether oxygens (including phenoxy) is 4. The molecule has 3 aromatic rings. The van der Waals surface area contributed by atoms with Gasteiger partial charge in [0, 0.05) is 61.4 Å². The molecule has 0 radical (unpaired) electrons. The predicted molar refractivity (Wildman–Crippen MR) is 299 cm³/mol. The van der Waals surface area contributed by atoms with E-state index in [9.17, 15) is 33.9 Å². The van der Waals surface area contributed by atoms with E-state index < -0.39 is 82.6 Å². The maximum atomic E-state index is 15.3. The van der Waals surface area contributed by atoms with Crippen molar-refractivity contribution in [3.63, 3.8) is 0 Å². The molecule has 1 heterocycles. The molecule has 78 heavy (non-hydrogen) atoms. The summed E-state index contributed by atoms with van der Waals surface area (Å²) in [4.78, 5) is 111. The van der Waals surface area contributed by atoms with Gasteiger partial charge in [0.15, 0.2) is 17.3 Å². The lowest BCUT2D eigenvalue weighted by atomic mass is 9.87. The van der Waals surface area contributed by atoms with E-state index in [1.54, 1.807) is 84.0 Å². The Morgan fingerprint density at radius 3 is 1.99 bits per heavy atom. The number of hydrogen-bond donors (Lipinski definition) is 4. The number of ketones is 3. The molecule has 428 valence electrons. The Bertz CT molecular complexity index is 2580. The molecule has 17 nitrogen and oxygen atoms in total. The fraction of sp³-hybridized carbons (Fsp3) is 0.574. The number of carboxylic acids is 1. The number of fused-ring (bicyclic) bond motifs is 5. The van der Waals surface area contributed by atoms with Crippen molar-refractivity contribution >= 4 is 47.3 Å². The number of carbonyl (C=O) groups excluding carboxylic acids is 7. The molecule has 0 spiro atoms. The molecule has 17 heteroatoms. The van der Waals surface area contributed by atoms with Gasteiger partial charge in [-0.15, -0.1) is 0 Å². The number of carboxylic acid groups (broad SMARTS) is 1. The second kappa shape index (κ2) is 29.8. The van der Waals surface area contributed by atoms with Crippen molar-refractivity contribution in [3.05, 3.63) is 82.4 Å². The van der Waals surface area contributed by atoms with Crippen LogP contribution in [0.5, 0.6) is 11.5 Å². The first-order chi connectivity index (χ1) is 36.7. The molecule has 1 aliphatic rings. The second-order valence-electron chi connectivity index (χ2n) is 22.7. The van der Waals surface area contributed by atoms with E-state index in [0.29, 0.717) is 52.3 Å². The topological polar surface area (TPSA) is 233 Å². The summed E-state index contributed by atoms with van der Waals surface area (Å²) < 4.78 is 23.6. The van der Waals surface area contributed by atoms with Crippen LogP contribution in [-0.4, -0.2) is 108 Å². The number of alkyl carbamates (subject to hydrolysis) is 2. The molecule has 4 bridgehead atoms. The van der Waals surface area contributed by atoms with Gasteiger partial charge in [0.2, 0.25) is 11.8 Å². The van der Waals surface area contributed by atoms with Gasteiger partial charge in [-0.05, 0) is 127 Å². The summed E-state index contributed by atoms with van der Waals surface area (Å²) in [5.74, 6) is -6.12. The number of rotatable bonds is 25. The van der Waals surface area contributed by atoms with Gasteiger partial charge < -0.3 is 44.9 Å². The number of nitrogens with zero attached hydrogens (tertiary/aromatic N) is 1. The molecule has 4 rings (SSSR count). The van der Waals surface area contributed by atoms with Crippen molar-refractivity contribution < 1.29 is 62.4 Å². The van der Waals surface area contributed by atoms with Crippen LogP contribution in [0.3, 0.4) is 0 Å². The first-order valence-electron chi connectivity index (χ1n) is 27.7. The number of amides is 4. The lowest BCUT2D eigenvalue weighted by molar-refractivity contribution is -0.143. The number of nitrogens with one attached hydrogen (secondary N) is 3. The normalized spacial score (nSPS) is 16.6. The van der Waals surface area contributed by atoms with Crippen LogP contribution in [0.15, 0.2) is 54.6 Å². The summed E-state index contributed by atoms with van der Waals surface area (Å²) in [7, 11) is 1.48. The molecule has 0 aliphatic carbocycles. The highest BCUT2D eigenvalue weighted by Crippen LogP contribution is 2.41. The third-order valence-electron chi connectivity index (χ3n) is 13.3. The van der Waals surface area contributed by atoms with Crippen molar-refractivity contribution in [1.29, 1.82) is 0 Å². The fourth-order valence-electron chi connectivity index (χ4n) is 9.24. The molecule has 3 aromatic carbocycles. The highest BCUT2D eigenvalue weighted by molar-refractivity contribution is 6.01. The maximum Gasteiger partial charge on any atom is 0.407 e. The highest BCUT2D eigenvalue weighted by atomic mass is 16.6. The van der Waals surface area contributed by atoms with Crippen LogP contribution in [0.4, 0.5) is 9.59 Å². The van der Waals surface area contributed by atoms with E-state index in [2.05, 4.69) is 22.9 Å². The zero-order chi connectivity index (χ0) is 57.9. The average molecular weight is 1080 g/mol. The van der Waals surface area contributed by atoms with Gasteiger partial charge in [0.1, 0.15) is 35.3 Å². The number of hydrogen-bond acceptors (Lipinski definition) is 12. The molecule has 4 N–H and O–H groups in total. The summed E-state index contributed by atoms with van der Waals surface area (Å²) in [6, 6.07) is 13.5. The third kappa shape index (κ3) is 20.2. The van der Waals surface area contributed by atoms with Crippen LogP contribution in [0.1, 0.15) is 172 Å². The van der Waals surface area contributed by atoms with E-state index in [4.69, 9.17) is 18.9 Å². The lowest BCUT2D eigenvalue weighted by Gasteiger charge is -2.32. The number of aryl methyl sites for hydroxylation is 2. The van der Waals surface area contributed by atoms with Crippen molar-refractivity contribution in [1.82, 2.24) is 20.9 Å². The lowest BCUT2D eigenvalue weighted by Crippen LogP contribution is -2.46. The maximum absolute atomic E-state index is 15.3. The van der Waals surface area contributed by atoms with E-state index in [1.807, 2.05) is 26.0 Å². The number of aliphatic carboxylic acids is 1. The van der Waals surface area contributed by atoms with Gasteiger partial charge in [-0.2, -0.15) is 0 Å². The minimum atomic E-state index is -1.34. The van der Waals surface area contributed by atoms with Crippen LogP contribution in [-0.2, 0) is 46.3 Å². The first-order valence-corrected chi connectivity index (χ1v) is 27.7. The zero-order valence-corrected chi connectivity index (χ0v) is 48.2. The smallest absolute Gasteiger partial charge is 0.407 e. The number of Topliss-reactive ketones (excluding diaryl/α,β-unsaturated/α-hetero) is 3. The van der Waals surface area contributed by atoms with Gasteiger partial charge in [-0.25, -0.2) is 9.59 Å².